The molecular weight excluding hydrogens is 125 g/mol. The van der Waals surface area contributed by atoms with Gasteiger partial charge < -0.3 is 15.6 Å². The summed E-state index contributed by atoms with van der Waals surface area (Å²) in [5, 5.41) is 10.1. The highest BCUT2D eigenvalue weighted by Crippen LogP contribution is 2.00. The molecule has 0 aromatic rings. The van der Waals surface area contributed by atoms with E-state index in [9.17, 15) is 14.3 Å². The number of carboxylic acids is 1. The van der Waals surface area contributed by atoms with E-state index < -0.39 is 18.2 Å². The zero-order chi connectivity index (χ0) is 7.49. The van der Waals surface area contributed by atoms with Crippen LogP contribution < -0.4 is 10.8 Å². The van der Waals surface area contributed by atoms with Crippen molar-refractivity contribution < 1.29 is 20.0 Å². The Labute approximate surface area is 52.7 Å². The molecule has 0 aromatic heterocycles. The van der Waals surface area contributed by atoms with Crippen molar-refractivity contribution in [3.8, 4) is 0 Å². The fraction of sp³-hybridized carbons (Fsp3) is 0.800. The van der Waals surface area contributed by atoms with E-state index >= 15 is 0 Å². The predicted octanol–water partition coefficient (Wildman–Crippen LogP) is -1.90. The van der Waals surface area contributed by atoms with E-state index in [2.05, 4.69) is 5.73 Å². The molecule has 0 amide bonds. The molecule has 0 spiro atoms. The first-order chi connectivity index (χ1) is 4.00. The lowest BCUT2D eigenvalue weighted by atomic mass is 10.0. The molecule has 4 heteroatoms. The second kappa shape index (κ2) is 2.77. The molecule has 54 valence electrons. The van der Waals surface area contributed by atoms with Crippen LogP contribution >= 0.6 is 0 Å². The summed E-state index contributed by atoms with van der Waals surface area (Å²) in [5.41, 5.74) is 1.99. The second-order valence-electron chi connectivity index (χ2n) is 2.29. The molecule has 0 aliphatic carbocycles. The Kier molecular flexibility index (Phi) is 2.58. The topological polar surface area (TPSA) is 67.8 Å². The average molecular weight is 135 g/mol. The predicted molar refractivity (Wildman–Crippen MR) is 26.9 cm³/mol. The number of aliphatic carboxylic acids is 1. The first kappa shape index (κ1) is 8.36. The van der Waals surface area contributed by atoms with E-state index in [0.29, 0.717) is 0 Å². The Balaban J connectivity index is 3.85. The summed E-state index contributed by atoms with van der Waals surface area (Å²) in [6.45, 7) is 0.663. The van der Waals surface area contributed by atoms with Crippen LogP contribution in [-0.2, 0) is 4.79 Å². The zero-order valence-electron chi connectivity index (χ0n) is 5.32. The maximum absolute atomic E-state index is 11.5. The van der Waals surface area contributed by atoms with E-state index in [-0.39, 0.29) is 6.42 Å². The molecular formula is C5H10FNO2. The van der Waals surface area contributed by atoms with Gasteiger partial charge in [0.15, 0.2) is 0 Å². The fourth-order valence-corrected chi connectivity index (χ4v) is 0.311. The van der Waals surface area contributed by atoms with Crippen LogP contribution in [0.15, 0.2) is 0 Å². The van der Waals surface area contributed by atoms with Gasteiger partial charge in [-0.2, -0.15) is 0 Å². The number of halogens is 1. The number of rotatable bonds is 3. The van der Waals surface area contributed by atoms with Crippen molar-refractivity contribution in [2.45, 2.75) is 18.9 Å². The Morgan fingerprint density at radius 2 is 2.33 bits per heavy atom. The van der Waals surface area contributed by atoms with Crippen LogP contribution in [0.5, 0.6) is 0 Å². The number of carbonyl (C=O) groups excluding carboxylic acids is 1. The average Bonchev–Trinajstić information content (AvgIpc) is 1.65. The van der Waals surface area contributed by atoms with Crippen molar-refractivity contribution in [2.75, 3.05) is 6.67 Å². The maximum atomic E-state index is 11.5. The Morgan fingerprint density at radius 3 is 2.44 bits per heavy atom. The van der Waals surface area contributed by atoms with Gasteiger partial charge in [0.2, 0.25) is 0 Å². The van der Waals surface area contributed by atoms with E-state index in [1.807, 2.05) is 0 Å². The summed E-state index contributed by atoms with van der Waals surface area (Å²) in [6, 6.07) is 0. The van der Waals surface area contributed by atoms with Crippen molar-refractivity contribution in [3.63, 3.8) is 0 Å². The van der Waals surface area contributed by atoms with Gasteiger partial charge in [-0.05, 0) is 6.92 Å². The van der Waals surface area contributed by atoms with Crippen LogP contribution in [0.4, 0.5) is 4.39 Å². The van der Waals surface area contributed by atoms with Crippen molar-refractivity contribution in [2.24, 2.45) is 0 Å². The number of hydrogen-bond donors (Lipinski definition) is 1. The summed E-state index contributed by atoms with van der Waals surface area (Å²) < 4.78 is 11.5. The van der Waals surface area contributed by atoms with Crippen LogP contribution in [0.3, 0.4) is 0 Å². The van der Waals surface area contributed by atoms with Crippen molar-refractivity contribution in [1.29, 1.82) is 0 Å². The summed E-state index contributed by atoms with van der Waals surface area (Å²) in [5.74, 6) is -1.31. The minimum atomic E-state index is -1.31. The third kappa shape index (κ3) is 2.41. The number of alkyl halides is 1. The Hall–Kier alpha value is -0.640. The van der Waals surface area contributed by atoms with Crippen LogP contribution in [0.25, 0.3) is 0 Å². The molecule has 0 rings (SSSR count). The van der Waals surface area contributed by atoms with Crippen LogP contribution in [0, 0.1) is 0 Å². The first-order valence-electron chi connectivity index (χ1n) is 2.63. The molecule has 0 saturated heterocycles. The number of quaternary nitrogens is 1. The Morgan fingerprint density at radius 1 is 1.89 bits per heavy atom. The van der Waals surface area contributed by atoms with Gasteiger partial charge in [0.1, 0.15) is 11.5 Å². The zero-order valence-corrected chi connectivity index (χ0v) is 5.32. The highest BCUT2D eigenvalue weighted by molar-refractivity contribution is 5.73. The summed E-state index contributed by atoms with van der Waals surface area (Å²) in [7, 11) is 0. The highest BCUT2D eigenvalue weighted by Gasteiger charge is 2.23. The van der Waals surface area contributed by atoms with Gasteiger partial charge in [-0.1, -0.05) is 0 Å². The molecule has 1 atom stereocenters. The van der Waals surface area contributed by atoms with Gasteiger partial charge in [0.25, 0.3) is 0 Å². The van der Waals surface area contributed by atoms with Gasteiger partial charge in [-0.25, -0.2) is 0 Å². The van der Waals surface area contributed by atoms with Gasteiger partial charge >= 0.3 is 0 Å². The van der Waals surface area contributed by atoms with E-state index in [4.69, 9.17) is 0 Å². The fourth-order valence-electron chi connectivity index (χ4n) is 0.311. The lowest BCUT2D eigenvalue weighted by Gasteiger charge is -2.19. The van der Waals surface area contributed by atoms with Crippen LogP contribution in [0.1, 0.15) is 13.3 Å². The SMILES string of the molecule is C[C@]([NH3+])(CCF)C(=O)[O-]. The van der Waals surface area contributed by atoms with E-state index in [1.165, 1.54) is 6.92 Å². The van der Waals surface area contributed by atoms with Gasteiger partial charge in [0.05, 0.1) is 6.67 Å². The van der Waals surface area contributed by atoms with E-state index in [0.717, 1.165) is 0 Å². The van der Waals surface area contributed by atoms with E-state index in [1.54, 1.807) is 0 Å². The molecule has 0 heterocycles. The largest absolute Gasteiger partial charge is 0.544 e. The molecule has 0 fully saturated rings. The summed E-state index contributed by atoms with van der Waals surface area (Å²) in [6.07, 6.45) is -0.0880. The van der Waals surface area contributed by atoms with Crippen molar-refractivity contribution >= 4 is 5.97 Å². The number of carbonyl (C=O) groups is 1. The second-order valence-corrected chi connectivity index (χ2v) is 2.29. The lowest BCUT2D eigenvalue weighted by molar-refractivity contribution is -0.482. The Bertz CT molecular complexity index is 114. The molecule has 0 unspecified atom stereocenters. The molecule has 3 nitrogen and oxygen atoms in total. The summed E-state index contributed by atoms with van der Waals surface area (Å²) in [4.78, 5) is 10.1. The minimum absolute atomic E-state index is 0.0880. The number of carboxylic acid groups (broad SMARTS) is 1. The van der Waals surface area contributed by atoms with Gasteiger partial charge in [0, 0.05) is 6.42 Å². The maximum Gasteiger partial charge on any atom is 0.134 e. The minimum Gasteiger partial charge on any atom is -0.544 e. The summed E-state index contributed by atoms with van der Waals surface area (Å²) >= 11 is 0. The monoisotopic (exact) mass is 135 g/mol. The smallest absolute Gasteiger partial charge is 0.134 e. The molecule has 9 heavy (non-hydrogen) atoms. The molecule has 0 saturated carbocycles. The van der Waals surface area contributed by atoms with Crippen molar-refractivity contribution in [3.05, 3.63) is 0 Å². The molecule has 0 aliphatic heterocycles. The third-order valence-corrected chi connectivity index (χ3v) is 1.14. The molecule has 3 N–H and O–H groups in total. The molecule has 0 bridgehead atoms. The van der Waals surface area contributed by atoms with Gasteiger partial charge in [-0.15, -0.1) is 0 Å². The third-order valence-electron chi connectivity index (χ3n) is 1.14. The van der Waals surface area contributed by atoms with Crippen molar-refractivity contribution in [1.82, 2.24) is 0 Å². The number of hydrogen-bond acceptors (Lipinski definition) is 2. The first-order valence-corrected chi connectivity index (χ1v) is 2.63. The molecule has 0 aliphatic rings. The molecule has 0 aromatic carbocycles. The highest BCUT2D eigenvalue weighted by atomic mass is 19.1. The quantitative estimate of drug-likeness (QED) is 0.491. The van der Waals surface area contributed by atoms with Gasteiger partial charge in [-0.3, -0.25) is 4.39 Å². The normalized spacial score (nSPS) is 16.8. The van der Waals surface area contributed by atoms with Crippen LogP contribution in [-0.4, -0.2) is 18.2 Å². The van der Waals surface area contributed by atoms with Crippen LogP contribution in [0.2, 0.25) is 0 Å². The standard InChI is InChI=1S/C5H10FNO2/c1-5(7,2-3-6)4(8)9/h2-3,7H2,1H3,(H,8,9)/t5-/m0/s1. The molecule has 0 radical (unpaired) electrons. The lowest BCUT2D eigenvalue weighted by Crippen LogP contribution is -2.78.